The van der Waals surface area contributed by atoms with Crippen LogP contribution in [-0.2, 0) is 17.6 Å². The van der Waals surface area contributed by atoms with Crippen LogP contribution >= 0.6 is 11.3 Å². The first-order valence-electron chi connectivity index (χ1n) is 8.11. The Bertz CT molecular complexity index is 714. The van der Waals surface area contributed by atoms with Gasteiger partial charge in [-0.1, -0.05) is 12.1 Å². The lowest BCUT2D eigenvalue weighted by Crippen LogP contribution is -2.35. The SMILES string of the molecule is COc1cccc2c1OC[C@H](CNC(=O)CCc1scnc1C)C2. The van der Waals surface area contributed by atoms with Crippen LogP contribution in [0.15, 0.2) is 23.7 Å². The summed E-state index contributed by atoms with van der Waals surface area (Å²) in [5.74, 6) is 1.98. The minimum absolute atomic E-state index is 0.0826. The zero-order chi connectivity index (χ0) is 16.9. The number of fused-ring (bicyclic) bond motifs is 1. The van der Waals surface area contributed by atoms with E-state index in [4.69, 9.17) is 9.47 Å². The highest BCUT2D eigenvalue weighted by Crippen LogP contribution is 2.35. The molecule has 1 aromatic heterocycles. The van der Waals surface area contributed by atoms with Crippen molar-refractivity contribution in [3.8, 4) is 11.5 Å². The zero-order valence-corrected chi connectivity index (χ0v) is 14.8. The molecule has 0 unspecified atom stereocenters. The third kappa shape index (κ3) is 3.87. The molecule has 0 bridgehead atoms. The number of nitrogens with one attached hydrogen (secondary N) is 1. The number of carbonyl (C=O) groups is 1. The Morgan fingerprint density at radius 3 is 3.12 bits per heavy atom. The van der Waals surface area contributed by atoms with E-state index >= 15 is 0 Å². The van der Waals surface area contributed by atoms with E-state index in [1.165, 1.54) is 4.88 Å². The Morgan fingerprint density at radius 2 is 2.38 bits per heavy atom. The number of para-hydroxylation sites is 1. The molecule has 24 heavy (non-hydrogen) atoms. The highest BCUT2D eigenvalue weighted by atomic mass is 32.1. The Balaban J connectivity index is 1.47. The third-order valence-corrected chi connectivity index (χ3v) is 5.26. The predicted molar refractivity (Wildman–Crippen MR) is 93.9 cm³/mol. The topological polar surface area (TPSA) is 60.5 Å². The standard InChI is InChI=1S/C18H22N2O3S/c1-12-16(24-11-20-12)6-7-17(21)19-9-13-8-14-4-3-5-15(22-2)18(14)23-10-13/h3-5,11,13H,6-10H2,1-2H3,(H,19,21)/t13-/m0/s1. The monoisotopic (exact) mass is 346 g/mol. The predicted octanol–water partition coefficient (Wildman–Crippen LogP) is 2.76. The average molecular weight is 346 g/mol. The largest absolute Gasteiger partial charge is 0.493 e. The number of nitrogens with zero attached hydrogens (tertiary/aromatic N) is 1. The highest BCUT2D eigenvalue weighted by molar-refractivity contribution is 7.09. The van der Waals surface area contributed by atoms with Gasteiger partial charge in [0.2, 0.25) is 5.91 Å². The van der Waals surface area contributed by atoms with Gasteiger partial charge in [0.25, 0.3) is 0 Å². The minimum atomic E-state index is 0.0826. The molecule has 128 valence electrons. The van der Waals surface area contributed by atoms with Crippen LogP contribution in [0, 0.1) is 12.8 Å². The lowest BCUT2D eigenvalue weighted by Gasteiger charge is -2.26. The van der Waals surface area contributed by atoms with Crippen molar-refractivity contribution in [3.05, 3.63) is 39.8 Å². The number of amides is 1. The molecule has 1 aliphatic heterocycles. The summed E-state index contributed by atoms with van der Waals surface area (Å²) in [6.45, 7) is 3.22. The van der Waals surface area contributed by atoms with Crippen LogP contribution in [0.3, 0.4) is 0 Å². The smallest absolute Gasteiger partial charge is 0.220 e. The molecule has 6 heteroatoms. The van der Waals surface area contributed by atoms with Crippen molar-refractivity contribution in [2.75, 3.05) is 20.3 Å². The normalized spacial score (nSPS) is 16.2. The quantitative estimate of drug-likeness (QED) is 0.874. The van der Waals surface area contributed by atoms with Gasteiger partial charge in [0.1, 0.15) is 0 Å². The molecule has 0 radical (unpaired) electrons. The highest BCUT2D eigenvalue weighted by Gasteiger charge is 2.23. The molecule has 1 aromatic carbocycles. The average Bonchev–Trinajstić information content (AvgIpc) is 3.02. The van der Waals surface area contributed by atoms with Gasteiger partial charge >= 0.3 is 0 Å². The fourth-order valence-electron chi connectivity index (χ4n) is 2.89. The van der Waals surface area contributed by atoms with Crippen molar-refractivity contribution in [2.45, 2.75) is 26.2 Å². The van der Waals surface area contributed by atoms with Gasteiger partial charge in [-0.2, -0.15) is 0 Å². The third-order valence-electron chi connectivity index (χ3n) is 4.26. The molecule has 0 aliphatic carbocycles. The van der Waals surface area contributed by atoms with Crippen molar-refractivity contribution in [1.82, 2.24) is 10.3 Å². The van der Waals surface area contributed by atoms with E-state index in [-0.39, 0.29) is 5.91 Å². The second-order valence-corrected chi connectivity index (χ2v) is 6.93. The summed E-state index contributed by atoms with van der Waals surface area (Å²) >= 11 is 1.61. The first-order valence-corrected chi connectivity index (χ1v) is 8.99. The molecular weight excluding hydrogens is 324 g/mol. The number of thiazole rings is 1. The summed E-state index contributed by atoms with van der Waals surface area (Å²) in [5.41, 5.74) is 3.99. The molecule has 5 nitrogen and oxygen atoms in total. The van der Waals surface area contributed by atoms with E-state index in [1.807, 2.05) is 24.6 Å². The molecular formula is C18H22N2O3S. The fraction of sp³-hybridized carbons (Fsp3) is 0.444. The molecule has 0 saturated carbocycles. The van der Waals surface area contributed by atoms with E-state index in [2.05, 4.69) is 16.4 Å². The fourth-order valence-corrected chi connectivity index (χ4v) is 3.67. The summed E-state index contributed by atoms with van der Waals surface area (Å²) in [6.07, 6.45) is 2.14. The molecule has 0 spiro atoms. The number of rotatable bonds is 6. The van der Waals surface area contributed by atoms with Gasteiger partial charge < -0.3 is 14.8 Å². The van der Waals surface area contributed by atoms with Gasteiger partial charge in [-0.05, 0) is 31.4 Å². The van der Waals surface area contributed by atoms with Gasteiger partial charge in [-0.25, -0.2) is 4.98 Å². The van der Waals surface area contributed by atoms with Crippen LogP contribution < -0.4 is 14.8 Å². The zero-order valence-electron chi connectivity index (χ0n) is 14.0. The molecule has 1 amide bonds. The van der Waals surface area contributed by atoms with E-state index in [0.717, 1.165) is 35.6 Å². The van der Waals surface area contributed by atoms with Gasteiger partial charge in [0.15, 0.2) is 11.5 Å². The van der Waals surface area contributed by atoms with Gasteiger partial charge in [0.05, 0.1) is 24.9 Å². The van der Waals surface area contributed by atoms with Gasteiger partial charge in [-0.3, -0.25) is 4.79 Å². The molecule has 1 aliphatic rings. The number of ether oxygens (including phenoxy) is 2. The van der Waals surface area contributed by atoms with Crippen LogP contribution in [0.5, 0.6) is 11.5 Å². The minimum Gasteiger partial charge on any atom is -0.493 e. The Morgan fingerprint density at radius 1 is 1.50 bits per heavy atom. The Labute approximate surface area is 146 Å². The Hall–Kier alpha value is -2.08. The van der Waals surface area contributed by atoms with Crippen LogP contribution in [0.2, 0.25) is 0 Å². The molecule has 0 fully saturated rings. The maximum absolute atomic E-state index is 12.1. The first kappa shape index (κ1) is 16.8. The number of carbonyl (C=O) groups excluding carboxylic acids is 1. The number of aryl methyl sites for hydroxylation is 2. The number of benzene rings is 1. The lowest BCUT2D eigenvalue weighted by atomic mass is 9.96. The van der Waals surface area contributed by atoms with E-state index in [1.54, 1.807) is 18.4 Å². The van der Waals surface area contributed by atoms with Crippen molar-refractivity contribution in [3.63, 3.8) is 0 Å². The van der Waals surface area contributed by atoms with Crippen molar-refractivity contribution in [1.29, 1.82) is 0 Å². The number of hydrogen-bond donors (Lipinski definition) is 1. The van der Waals surface area contributed by atoms with Crippen molar-refractivity contribution in [2.24, 2.45) is 5.92 Å². The molecule has 1 atom stereocenters. The van der Waals surface area contributed by atoms with Crippen LogP contribution in [0.4, 0.5) is 0 Å². The van der Waals surface area contributed by atoms with E-state index in [9.17, 15) is 4.79 Å². The molecule has 2 heterocycles. The summed E-state index contributed by atoms with van der Waals surface area (Å²) in [7, 11) is 1.65. The summed E-state index contributed by atoms with van der Waals surface area (Å²) in [6, 6.07) is 5.93. The van der Waals surface area contributed by atoms with Gasteiger partial charge in [-0.15, -0.1) is 11.3 Å². The Kier molecular flexibility index (Phi) is 5.35. The molecule has 3 rings (SSSR count). The summed E-state index contributed by atoms with van der Waals surface area (Å²) in [5, 5.41) is 3.03. The molecule has 0 saturated heterocycles. The van der Waals surface area contributed by atoms with Crippen LogP contribution in [0.25, 0.3) is 0 Å². The number of aromatic nitrogens is 1. The summed E-state index contributed by atoms with van der Waals surface area (Å²) < 4.78 is 11.2. The first-order chi connectivity index (χ1) is 11.7. The van der Waals surface area contributed by atoms with Gasteiger partial charge in [0, 0.05) is 23.8 Å². The number of hydrogen-bond acceptors (Lipinski definition) is 5. The van der Waals surface area contributed by atoms with Crippen molar-refractivity contribution < 1.29 is 14.3 Å². The van der Waals surface area contributed by atoms with Crippen LogP contribution in [0.1, 0.15) is 22.6 Å². The second kappa shape index (κ2) is 7.66. The molecule has 2 aromatic rings. The number of methoxy groups -OCH3 is 1. The van der Waals surface area contributed by atoms with E-state index in [0.29, 0.717) is 25.5 Å². The summed E-state index contributed by atoms with van der Waals surface area (Å²) in [4.78, 5) is 17.4. The van der Waals surface area contributed by atoms with Crippen molar-refractivity contribution >= 4 is 17.2 Å². The van der Waals surface area contributed by atoms with E-state index < -0.39 is 0 Å². The second-order valence-electron chi connectivity index (χ2n) is 5.99. The molecule has 1 N–H and O–H groups in total. The maximum Gasteiger partial charge on any atom is 0.220 e. The lowest BCUT2D eigenvalue weighted by molar-refractivity contribution is -0.121. The van der Waals surface area contributed by atoms with Crippen LogP contribution in [-0.4, -0.2) is 31.2 Å². The maximum atomic E-state index is 12.1.